The van der Waals surface area contributed by atoms with Crippen molar-refractivity contribution in [1.82, 2.24) is 4.90 Å². The summed E-state index contributed by atoms with van der Waals surface area (Å²) in [5.74, 6) is 1.01. The van der Waals surface area contributed by atoms with E-state index in [1.807, 2.05) is 29.2 Å². The van der Waals surface area contributed by atoms with Gasteiger partial charge in [0.25, 0.3) is 0 Å². The number of benzene rings is 2. The van der Waals surface area contributed by atoms with E-state index in [2.05, 4.69) is 47.9 Å². The third kappa shape index (κ3) is 3.14. The van der Waals surface area contributed by atoms with Gasteiger partial charge >= 0.3 is 0 Å². The van der Waals surface area contributed by atoms with E-state index in [4.69, 9.17) is 4.74 Å². The average Bonchev–Trinajstić information content (AvgIpc) is 3.32. The Bertz CT molecular complexity index is 815. The van der Waals surface area contributed by atoms with Crippen LogP contribution in [0.3, 0.4) is 0 Å². The Labute approximate surface area is 167 Å². The topological polar surface area (TPSA) is 36.0 Å². The molecule has 2 aromatic rings. The van der Waals surface area contributed by atoms with Gasteiger partial charge in [-0.25, -0.2) is 0 Å². The first-order valence-corrected chi connectivity index (χ1v) is 10.3. The number of fused-ring (bicyclic) bond motifs is 1. The molecule has 0 saturated carbocycles. The summed E-state index contributed by atoms with van der Waals surface area (Å²) in [4.78, 5) is 19.9. The van der Waals surface area contributed by atoms with Gasteiger partial charge in [0, 0.05) is 31.0 Å². The molecule has 0 aromatic heterocycles. The van der Waals surface area contributed by atoms with Gasteiger partial charge in [-0.15, -0.1) is 0 Å². The molecule has 5 heteroatoms. The molecule has 0 bridgehead atoms. The minimum atomic E-state index is -0.0425. The van der Waals surface area contributed by atoms with E-state index in [-0.39, 0.29) is 18.1 Å². The zero-order chi connectivity index (χ0) is 19.7. The van der Waals surface area contributed by atoms with Crippen LogP contribution in [0.15, 0.2) is 48.5 Å². The van der Waals surface area contributed by atoms with Gasteiger partial charge in [-0.1, -0.05) is 12.1 Å². The second kappa shape index (κ2) is 7.84. The van der Waals surface area contributed by atoms with Gasteiger partial charge in [0.2, 0.25) is 5.91 Å². The second-order valence-electron chi connectivity index (χ2n) is 7.44. The molecule has 2 saturated heterocycles. The molecule has 2 heterocycles. The van der Waals surface area contributed by atoms with Gasteiger partial charge in [0.15, 0.2) is 0 Å². The Kier molecular flexibility index (Phi) is 5.27. The monoisotopic (exact) mass is 379 g/mol. The van der Waals surface area contributed by atoms with Crippen molar-refractivity contribution in [3.63, 3.8) is 0 Å². The van der Waals surface area contributed by atoms with Crippen LogP contribution in [0, 0.1) is 0 Å². The quantitative estimate of drug-likeness (QED) is 0.759. The summed E-state index contributed by atoms with van der Waals surface area (Å²) in [5.41, 5.74) is 3.33. The molecule has 2 aliphatic heterocycles. The fourth-order valence-electron chi connectivity index (χ4n) is 4.57. The number of amides is 1. The summed E-state index contributed by atoms with van der Waals surface area (Å²) in [5, 5.41) is 0. The van der Waals surface area contributed by atoms with E-state index in [0.29, 0.717) is 0 Å². The van der Waals surface area contributed by atoms with Crippen LogP contribution in [0.4, 0.5) is 11.4 Å². The summed E-state index contributed by atoms with van der Waals surface area (Å²) in [6, 6.07) is 16.5. The first-order valence-electron chi connectivity index (χ1n) is 10.3. The van der Waals surface area contributed by atoms with E-state index < -0.39 is 0 Å². The van der Waals surface area contributed by atoms with Gasteiger partial charge in [0.05, 0.1) is 13.2 Å². The zero-order valence-electron chi connectivity index (χ0n) is 17.0. The number of hydrogen-bond donors (Lipinski definition) is 0. The summed E-state index contributed by atoms with van der Waals surface area (Å²) in [6.07, 6.45) is 1.99. The Morgan fingerprint density at radius 1 is 1.04 bits per heavy atom. The van der Waals surface area contributed by atoms with Crippen molar-refractivity contribution in [2.24, 2.45) is 0 Å². The number of rotatable bonds is 6. The number of anilines is 2. The van der Waals surface area contributed by atoms with Crippen molar-refractivity contribution in [3.05, 3.63) is 54.1 Å². The first-order chi connectivity index (χ1) is 13.7. The van der Waals surface area contributed by atoms with Gasteiger partial charge in [0.1, 0.15) is 11.9 Å². The van der Waals surface area contributed by atoms with E-state index in [1.54, 1.807) is 7.11 Å². The maximum atomic E-state index is 13.2. The largest absolute Gasteiger partial charge is 0.497 e. The van der Waals surface area contributed by atoms with Crippen LogP contribution in [0.1, 0.15) is 38.4 Å². The molecular formula is C23H29N3O2. The molecule has 1 amide bonds. The Balaban J connectivity index is 1.69. The highest BCUT2D eigenvalue weighted by molar-refractivity contribution is 6.00. The van der Waals surface area contributed by atoms with Gasteiger partial charge in [-0.3, -0.25) is 14.6 Å². The number of methoxy groups -OCH3 is 1. The molecule has 2 atom stereocenters. The van der Waals surface area contributed by atoms with Gasteiger partial charge in [-0.2, -0.15) is 0 Å². The summed E-state index contributed by atoms with van der Waals surface area (Å²) in [7, 11) is 1.66. The Hall–Kier alpha value is -2.53. The zero-order valence-corrected chi connectivity index (χ0v) is 17.0. The molecule has 0 spiro atoms. The van der Waals surface area contributed by atoms with Crippen LogP contribution in [-0.4, -0.2) is 43.6 Å². The fourth-order valence-corrected chi connectivity index (χ4v) is 4.57. The first kappa shape index (κ1) is 18.8. The molecule has 28 heavy (non-hydrogen) atoms. The van der Waals surface area contributed by atoms with Crippen LogP contribution in [0.25, 0.3) is 0 Å². The third-order valence-corrected chi connectivity index (χ3v) is 6.05. The van der Waals surface area contributed by atoms with E-state index in [9.17, 15) is 4.79 Å². The van der Waals surface area contributed by atoms with E-state index in [1.165, 1.54) is 11.3 Å². The van der Waals surface area contributed by atoms with E-state index in [0.717, 1.165) is 43.9 Å². The molecule has 0 radical (unpaired) electrons. The molecular weight excluding hydrogens is 350 g/mol. The third-order valence-electron chi connectivity index (χ3n) is 6.05. The van der Waals surface area contributed by atoms with Crippen molar-refractivity contribution in [1.29, 1.82) is 0 Å². The summed E-state index contributed by atoms with van der Waals surface area (Å²) < 4.78 is 5.28. The predicted molar refractivity (Wildman–Crippen MR) is 113 cm³/mol. The van der Waals surface area contributed by atoms with Crippen LogP contribution in [0.2, 0.25) is 0 Å². The molecule has 2 fully saturated rings. The molecule has 2 unspecified atom stereocenters. The van der Waals surface area contributed by atoms with Crippen molar-refractivity contribution >= 4 is 17.3 Å². The van der Waals surface area contributed by atoms with Crippen LogP contribution in [0.5, 0.6) is 5.75 Å². The minimum Gasteiger partial charge on any atom is -0.497 e. The minimum absolute atomic E-state index is 0.00504. The lowest BCUT2D eigenvalue weighted by Crippen LogP contribution is -2.32. The predicted octanol–water partition coefficient (Wildman–Crippen LogP) is 4.05. The Morgan fingerprint density at radius 3 is 2.32 bits per heavy atom. The van der Waals surface area contributed by atoms with Crippen molar-refractivity contribution in [2.75, 3.05) is 36.5 Å². The summed E-state index contributed by atoms with van der Waals surface area (Å²) >= 11 is 0. The van der Waals surface area contributed by atoms with Crippen LogP contribution >= 0.6 is 0 Å². The molecule has 148 valence electrons. The van der Waals surface area contributed by atoms with E-state index >= 15 is 0 Å². The highest BCUT2D eigenvalue weighted by Gasteiger charge is 2.49. The lowest BCUT2D eigenvalue weighted by atomic mass is 10.1. The second-order valence-corrected chi connectivity index (χ2v) is 7.44. The van der Waals surface area contributed by atoms with Gasteiger partial charge < -0.3 is 9.64 Å². The lowest BCUT2D eigenvalue weighted by Gasteiger charge is -2.30. The molecule has 4 rings (SSSR count). The maximum absolute atomic E-state index is 13.2. The SMILES string of the molecule is CCN(CC)c1ccc(C2N(c3ccc(OC)cc3)C(=O)C3CCCN32)cc1. The number of ether oxygens (including phenoxy) is 1. The molecule has 0 aliphatic carbocycles. The van der Waals surface area contributed by atoms with Crippen LogP contribution in [-0.2, 0) is 4.79 Å². The van der Waals surface area contributed by atoms with Crippen molar-refractivity contribution < 1.29 is 9.53 Å². The number of hydrogen-bond acceptors (Lipinski definition) is 4. The van der Waals surface area contributed by atoms with Crippen molar-refractivity contribution in [3.8, 4) is 5.75 Å². The number of carbonyl (C=O) groups excluding carboxylic acids is 1. The smallest absolute Gasteiger partial charge is 0.246 e. The Morgan fingerprint density at radius 2 is 1.71 bits per heavy atom. The van der Waals surface area contributed by atoms with Crippen LogP contribution < -0.4 is 14.5 Å². The molecule has 2 aliphatic rings. The fraction of sp³-hybridized carbons (Fsp3) is 0.435. The summed E-state index contributed by atoms with van der Waals surface area (Å²) in [6.45, 7) is 7.29. The van der Waals surface area contributed by atoms with Gasteiger partial charge in [-0.05, 0) is 68.7 Å². The highest BCUT2D eigenvalue weighted by atomic mass is 16.5. The molecule has 5 nitrogen and oxygen atoms in total. The number of carbonyl (C=O) groups is 1. The standard InChI is InChI=1S/C23H29N3O2/c1-4-24(5-2)18-10-8-17(9-11-18)22-25-16-6-7-21(25)23(27)26(22)19-12-14-20(28-3)15-13-19/h8-15,21-22H,4-7,16H2,1-3H3. The molecule has 2 aromatic carbocycles. The maximum Gasteiger partial charge on any atom is 0.246 e. The lowest BCUT2D eigenvalue weighted by molar-refractivity contribution is -0.119. The average molecular weight is 380 g/mol. The van der Waals surface area contributed by atoms with Crippen molar-refractivity contribution in [2.45, 2.75) is 38.9 Å². The normalized spacial score (nSPS) is 21.8. The molecule has 0 N–H and O–H groups in total. The number of nitrogens with zero attached hydrogens (tertiary/aromatic N) is 3. The highest BCUT2D eigenvalue weighted by Crippen LogP contribution is 2.42.